The molecule has 0 radical (unpaired) electrons. The summed E-state index contributed by atoms with van der Waals surface area (Å²) in [6.07, 6.45) is 8.86. The van der Waals surface area contributed by atoms with Crippen LogP contribution < -0.4 is 10.6 Å². The molecule has 0 spiro atoms. The van der Waals surface area contributed by atoms with Crippen molar-refractivity contribution in [3.63, 3.8) is 0 Å². The van der Waals surface area contributed by atoms with Gasteiger partial charge in [0, 0.05) is 28.9 Å². The van der Waals surface area contributed by atoms with Gasteiger partial charge in [0.05, 0.1) is 36.0 Å². The fraction of sp³-hybridized carbons (Fsp3) is 0.370. The van der Waals surface area contributed by atoms with Gasteiger partial charge in [-0.25, -0.2) is 14.2 Å². The standard InChI is InChI=1S/C27H30FN5O3/c1-27(2,3)36-26(35)33-22-7-5-4-6-21(22)32-25(34)18-10-8-17(9-11-18)23-15-30-16-24(31-23)19-12-20(28)14-29-13-19/h8-16,21-22H,4-7H2,1-3H3,(H,32,34)(H,33,35)/t21-,22+/m0/s1. The second-order valence-corrected chi connectivity index (χ2v) is 9.88. The molecule has 4 rings (SSSR count). The van der Waals surface area contributed by atoms with Gasteiger partial charge in [0.15, 0.2) is 0 Å². The van der Waals surface area contributed by atoms with Gasteiger partial charge in [-0.05, 0) is 51.8 Å². The number of rotatable bonds is 5. The maximum absolute atomic E-state index is 13.5. The fourth-order valence-corrected chi connectivity index (χ4v) is 4.18. The number of nitrogens with one attached hydrogen (secondary N) is 2. The smallest absolute Gasteiger partial charge is 0.407 e. The number of benzene rings is 1. The van der Waals surface area contributed by atoms with E-state index in [0.29, 0.717) is 22.5 Å². The number of alkyl carbamates (subject to hydrolysis) is 1. The third kappa shape index (κ3) is 6.62. The van der Waals surface area contributed by atoms with Crippen molar-refractivity contribution in [1.29, 1.82) is 0 Å². The zero-order valence-electron chi connectivity index (χ0n) is 20.6. The Morgan fingerprint density at radius 3 is 2.14 bits per heavy atom. The second kappa shape index (κ2) is 10.8. The maximum atomic E-state index is 13.5. The van der Waals surface area contributed by atoms with Crippen LogP contribution in [-0.2, 0) is 4.74 Å². The summed E-state index contributed by atoms with van der Waals surface area (Å²) in [5.41, 5.74) is 2.31. The molecule has 1 aromatic carbocycles. The van der Waals surface area contributed by atoms with Gasteiger partial charge in [-0.2, -0.15) is 0 Å². The highest BCUT2D eigenvalue weighted by molar-refractivity contribution is 5.95. The van der Waals surface area contributed by atoms with Crippen LogP contribution >= 0.6 is 0 Å². The average Bonchev–Trinajstić information content (AvgIpc) is 2.84. The van der Waals surface area contributed by atoms with Crippen LogP contribution in [0.1, 0.15) is 56.8 Å². The summed E-state index contributed by atoms with van der Waals surface area (Å²) in [6, 6.07) is 8.02. The molecule has 1 fully saturated rings. The molecule has 1 saturated carbocycles. The van der Waals surface area contributed by atoms with Gasteiger partial charge in [-0.1, -0.05) is 25.0 Å². The number of aromatic nitrogens is 3. The Labute approximate surface area is 209 Å². The maximum Gasteiger partial charge on any atom is 0.407 e. The van der Waals surface area contributed by atoms with Crippen LogP contribution in [0.2, 0.25) is 0 Å². The predicted octanol–water partition coefficient (Wildman–Crippen LogP) is 4.91. The lowest BCUT2D eigenvalue weighted by molar-refractivity contribution is 0.0475. The number of amides is 2. The number of ether oxygens (including phenoxy) is 1. The summed E-state index contributed by atoms with van der Waals surface area (Å²) in [4.78, 5) is 37.9. The van der Waals surface area contributed by atoms with Gasteiger partial charge in [-0.15, -0.1) is 0 Å². The quantitative estimate of drug-likeness (QED) is 0.525. The number of pyridine rings is 1. The highest BCUT2D eigenvalue weighted by Crippen LogP contribution is 2.23. The first kappa shape index (κ1) is 25.2. The van der Waals surface area contributed by atoms with Crippen molar-refractivity contribution in [2.24, 2.45) is 0 Å². The largest absolute Gasteiger partial charge is 0.444 e. The van der Waals surface area contributed by atoms with Crippen LogP contribution in [0.15, 0.2) is 55.1 Å². The van der Waals surface area contributed by atoms with Crippen LogP contribution in [0.5, 0.6) is 0 Å². The zero-order chi connectivity index (χ0) is 25.7. The van der Waals surface area contributed by atoms with E-state index in [1.54, 1.807) is 36.7 Å². The van der Waals surface area contributed by atoms with Crippen LogP contribution in [0.3, 0.4) is 0 Å². The summed E-state index contributed by atoms with van der Waals surface area (Å²) in [6.45, 7) is 5.45. The summed E-state index contributed by atoms with van der Waals surface area (Å²) >= 11 is 0. The topological polar surface area (TPSA) is 106 Å². The van der Waals surface area contributed by atoms with Gasteiger partial charge < -0.3 is 15.4 Å². The molecule has 36 heavy (non-hydrogen) atoms. The van der Waals surface area contributed by atoms with Crippen molar-refractivity contribution in [3.8, 4) is 22.5 Å². The number of hydrogen-bond acceptors (Lipinski definition) is 6. The summed E-state index contributed by atoms with van der Waals surface area (Å²) < 4.78 is 18.9. The minimum absolute atomic E-state index is 0.180. The third-order valence-electron chi connectivity index (χ3n) is 5.86. The number of hydrogen-bond donors (Lipinski definition) is 2. The van der Waals surface area contributed by atoms with E-state index >= 15 is 0 Å². The molecule has 2 atom stereocenters. The second-order valence-electron chi connectivity index (χ2n) is 9.88. The van der Waals surface area contributed by atoms with E-state index in [1.165, 1.54) is 12.3 Å². The van der Waals surface area contributed by atoms with E-state index in [1.807, 2.05) is 20.8 Å². The highest BCUT2D eigenvalue weighted by atomic mass is 19.1. The predicted molar refractivity (Wildman–Crippen MR) is 134 cm³/mol. The van der Waals surface area contributed by atoms with Gasteiger partial charge >= 0.3 is 6.09 Å². The van der Waals surface area contributed by atoms with Crippen LogP contribution in [-0.4, -0.2) is 44.6 Å². The van der Waals surface area contributed by atoms with Crippen molar-refractivity contribution >= 4 is 12.0 Å². The fourth-order valence-electron chi connectivity index (χ4n) is 4.18. The van der Waals surface area contributed by atoms with Crippen molar-refractivity contribution in [1.82, 2.24) is 25.6 Å². The molecule has 188 valence electrons. The molecule has 0 bridgehead atoms. The summed E-state index contributed by atoms with van der Waals surface area (Å²) in [5, 5.41) is 5.99. The molecule has 2 N–H and O–H groups in total. The van der Waals surface area contributed by atoms with Gasteiger partial charge in [0.1, 0.15) is 11.4 Å². The normalized spacial score (nSPS) is 17.8. The van der Waals surface area contributed by atoms with E-state index in [2.05, 4.69) is 25.6 Å². The molecule has 0 unspecified atom stereocenters. The Balaban J connectivity index is 1.43. The number of halogens is 1. The minimum Gasteiger partial charge on any atom is -0.444 e. The van der Waals surface area contributed by atoms with Crippen LogP contribution in [0.4, 0.5) is 9.18 Å². The van der Waals surface area contributed by atoms with Crippen molar-refractivity contribution in [3.05, 3.63) is 66.5 Å². The lowest BCUT2D eigenvalue weighted by Gasteiger charge is -2.33. The minimum atomic E-state index is -0.586. The van der Waals surface area contributed by atoms with Crippen molar-refractivity contribution in [2.75, 3.05) is 0 Å². The highest BCUT2D eigenvalue weighted by Gasteiger charge is 2.29. The van der Waals surface area contributed by atoms with E-state index in [4.69, 9.17) is 4.74 Å². The zero-order valence-corrected chi connectivity index (χ0v) is 20.6. The molecule has 9 heteroatoms. The van der Waals surface area contributed by atoms with E-state index < -0.39 is 17.5 Å². The molecule has 0 aliphatic heterocycles. The van der Waals surface area contributed by atoms with Gasteiger partial charge in [0.2, 0.25) is 0 Å². The summed E-state index contributed by atoms with van der Waals surface area (Å²) in [7, 11) is 0. The van der Waals surface area contributed by atoms with Crippen molar-refractivity contribution < 1.29 is 18.7 Å². The van der Waals surface area contributed by atoms with Crippen molar-refractivity contribution in [2.45, 2.75) is 64.1 Å². The Morgan fingerprint density at radius 2 is 1.50 bits per heavy atom. The molecular formula is C27H30FN5O3. The van der Waals surface area contributed by atoms with E-state index in [9.17, 15) is 14.0 Å². The lowest BCUT2D eigenvalue weighted by atomic mass is 9.90. The Kier molecular flexibility index (Phi) is 7.57. The monoisotopic (exact) mass is 491 g/mol. The van der Waals surface area contributed by atoms with Gasteiger partial charge in [-0.3, -0.25) is 14.8 Å². The first-order valence-corrected chi connectivity index (χ1v) is 12.0. The SMILES string of the molecule is CC(C)(C)OC(=O)N[C@@H]1CCCC[C@@H]1NC(=O)c1ccc(-c2cncc(-c3cncc(F)c3)n2)cc1. The first-order valence-electron chi connectivity index (χ1n) is 12.0. The molecule has 3 aromatic rings. The summed E-state index contributed by atoms with van der Waals surface area (Å²) in [5.74, 6) is -0.660. The third-order valence-corrected chi connectivity index (χ3v) is 5.86. The van der Waals surface area contributed by atoms with E-state index in [-0.39, 0.29) is 18.0 Å². The molecule has 0 saturated heterocycles. The van der Waals surface area contributed by atoms with E-state index in [0.717, 1.165) is 37.4 Å². The molecule has 1 aliphatic rings. The first-order chi connectivity index (χ1) is 17.2. The molecule has 2 aromatic heterocycles. The molecule has 2 heterocycles. The van der Waals surface area contributed by atoms with Gasteiger partial charge in [0.25, 0.3) is 5.91 Å². The number of carbonyl (C=O) groups is 2. The number of carbonyl (C=O) groups excluding carboxylic acids is 2. The average molecular weight is 492 g/mol. The van der Waals surface area contributed by atoms with Crippen LogP contribution in [0, 0.1) is 5.82 Å². The molecule has 2 amide bonds. The Hall–Kier alpha value is -3.88. The molecular weight excluding hydrogens is 461 g/mol. The Morgan fingerprint density at radius 1 is 0.889 bits per heavy atom. The Bertz CT molecular complexity index is 1230. The molecule has 1 aliphatic carbocycles. The lowest BCUT2D eigenvalue weighted by Crippen LogP contribution is -2.53. The van der Waals surface area contributed by atoms with Crippen LogP contribution in [0.25, 0.3) is 22.5 Å². The molecule has 8 nitrogen and oxygen atoms in total. The number of nitrogens with zero attached hydrogens (tertiary/aromatic N) is 3.